The molecule has 5 heteroatoms. The van der Waals surface area contributed by atoms with Crippen LogP contribution < -0.4 is 10.1 Å². The molecule has 94 valence electrons. The highest BCUT2D eigenvalue weighted by atomic mass is 79.9. The predicted molar refractivity (Wildman–Crippen MR) is 69.4 cm³/mol. The van der Waals surface area contributed by atoms with Crippen LogP contribution in [0.1, 0.15) is 24.9 Å². The van der Waals surface area contributed by atoms with Crippen LogP contribution in [0, 0.1) is 0 Å². The third-order valence-electron chi connectivity index (χ3n) is 2.35. The molecule has 0 aliphatic rings. The minimum atomic E-state index is -0.879. The number of methoxy groups -OCH3 is 1. The van der Waals surface area contributed by atoms with E-state index in [0.717, 1.165) is 10.9 Å². The summed E-state index contributed by atoms with van der Waals surface area (Å²) in [6.07, 6.45) is 0.890. The lowest BCUT2D eigenvalue weighted by molar-refractivity contribution is -0.139. The molecule has 1 atom stereocenters. The molecular weight excluding hydrogens is 286 g/mol. The van der Waals surface area contributed by atoms with E-state index in [4.69, 9.17) is 9.84 Å². The van der Waals surface area contributed by atoms with Gasteiger partial charge < -0.3 is 15.2 Å². The molecule has 1 rings (SSSR count). The number of carboxylic acids is 1. The first-order valence-electron chi connectivity index (χ1n) is 5.39. The minimum Gasteiger partial charge on any atom is -0.496 e. The summed E-state index contributed by atoms with van der Waals surface area (Å²) in [5.41, 5.74) is 0.707. The first-order valence-corrected chi connectivity index (χ1v) is 6.19. The number of ether oxygens (including phenoxy) is 1. The van der Waals surface area contributed by atoms with Gasteiger partial charge in [0.05, 0.1) is 11.6 Å². The van der Waals surface area contributed by atoms with Crippen molar-refractivity contribution in [3.63, 3.8) is 0 Å². The Labute approximate surface area is 109 Å². The molecule has 1 unspecified atom stereocenters. The van der Waals surface area contributed by atoms with Crippen LogP contribution >= 0.6 is 15.9 Å². The highest BCUT2D eigenvalue weighted by Crippen LogP contribution is 2.28. The first kappa shape index (κ1) is 14.0. The topological polar surface area (TPSA) is 58.6 Å². The average molecular weight is 302 g/mol. The van der Waals surface area contributed by atoms with E-state index in [1.807, 2.05) is 6.92 Å². The summed E-state index contributed by atoms with van der Waals surface area (Å²) in [5.74, 6) is -0.191. The second kappa shape index (κ2) is 6.61. The molecule has 0 fully saturated rings. The first-order chi connectivity index (χ1) is 8.10. The lowest BCUT2D eigenvalue weighted by Gasteiger charge is -2.15. The second-order valence-electron chi connectivity index (χ2n) is 3.62. The quantitative estimate of drug-likeness (QED) is 0.848. The molecule has 1 aromatic carbocycles. The molecule has 0 radical (unpaired) electrons. The number of aliphatic carboxylic acids is 1. The summed E-state index contributed by atoms with van der Waals surface area (Å²) in [4.78, 5) is 11.2. The second-order valence-corrected chi connectivity index (χ2v) is 4.47. The van der Waals surface area contributed by atoms with Crippen molar-refractivity contribution in [1.29, 1.82) is 0 Å². The maximum absolute atomic E-state index is 11.2. The fraction of sp³-hybridized carbons (Fsp3) is 0.417. The molecule has 0 saturated carbocycles. The highest BCUT2D eigenvalue weighted by molar-refractivity contribution is 9.10. The van der Waals surface area contributed by atoms with Gasteiger partial charge in [-0.1, -0.05) is 13.0 Å². The van der Waals surface area contributed by atoms with Crippen molar-refractivity contribution in [1.82, 2.24) is 5.32 Å². The van der Waals surface area contributed by atoms with Crippen LogP contribution in [0.4, 0.5) is 0 Å². The maximum Gasteiger partial charge on any atom is 0.325 e. The zero-order chi connectivity index (χ0) is 12.8. The van der Waals surface area contributed by atoms with Gasteiger partial charge in [0.15, 0.2) is 0 Å². The molecule has 0 aliphatic carbocycles. The van der Waals surface area contributed by atoms with Crippen molar-refractivity contribution >= 4 is 21.9 Å². The van der Waals surface area contributed by atoms with Crippen molar-refractivity contribution in [2.75, 3.05) is 13.7 Å². The molecule has 0 aliphatic heterocycles. The Morgan fingerprint density at radius 1 is 1.59 bits per heavy atom. The Morgan fingerprint density at radius 2 is 2.29 bits per heavy atom. The number of carboxylic acid groups (broad SMARTS) is 1. The Hall–Kier alpha value is -1.07. The third-order valence-corrected chi connectivity index (χ3v) is 2.97. The predicted octanol–water partition coefficient (Wildman–Crippen LogP) is 2.58. The van der Waals surface area contributed by atoms with Gasteiger partial charge in [-0.2, -0.15) is 0 Å². The molecule has 0 aromatic heterocycles. The summed E-state index contributed by atoms with van der Waals surface area (Å²) in [5, 5.41) is 12.2. The van der Waals surface area contributed by atoms with Crippen molar-refractivity contribution < 1.29 is 14.6 Å². The zero-order valence-electron chi connectivity index (χ0n) is 9.87. The van der Waals surface area contributed by atoms with Gasteiger partial charge in [-0.25, -0.2) is 0 Å². The van der Waals surface area contributed by atoms with Crippen LogP contribution in [0.5, 0.6) is 5.75 Å². The molecule has 0 saturated heterocycles. The molecule has 0 bridgehead atoms. The monoisotopic (exact) mass is 301 g/mol. The maximum atomic E-state index is 11.2. The van der Waals surface area contributed by atoms with Crippen LogP contribution in [0.2, 0.25) is 0 Å². The number of hydrogen-bond donors (Lipinski definition) is 2. The van der Waals surface area contributed by atoms with Crippen LogP contribution in [-0.4, -0.2) is 24.7 Å². The van der Waals surface area contributed by atoms with E-state index in [9.17, 15) is 4.79 Å². The van der Waals surface area contributed by atoms with Crippen LogP contribution in [0.25, 0.3) is 0 Å². The van der Waals surface area contributed by atoms with Gasteiger partial charge in [-0.3, -0.25) is 4.79 Å². The van der Waals surface area contributed by atoms with Crippen LogP contribution in [-0.2, 0) is 4.79 Å². The highest BCUT2D eigenvalue weighted by Gasteiger charge is 2.19. The number of carbonyl (C=O) groups is 1. The van der Waals surface area contributed by atoms with E-state index in [0.29, 0.717) is 17.9 Å². The zero-order valence-corrected chi connectivity index (χ0v) is 11.5. The number of nitrogens with one attached hydrogen (secondary N) is 1. The van der Waals surface area contributed by atoms with Gasteiger partial charge in [0.1, 0.15) is 11.8 Å². The largest absolute Gasteiger partial charge is 0.496 e. The summed E-state index contributed by atoms with van der Waals surface area (Å²) < 4.78 is 5.86. The van der Waals surface area contributed by atoms with E-state index in [-0.39, 0.29) is 0 Å². The standard InChI is InChI=1S/C12H16BrNO3/c1-3-6-14-11(12(15)16)8-4-5-10(17-2)9(13)7-8/h4-5,7,11,14H,3,6H2,1-2H3,(H,15,16). The van der Waals surface area contributed by atoms with Crippen molar-refractivity contribution in [3.05, 3.63) is 28.2 Å². The molecule has 0 spiro atoms. The Kier molecular flexibility index (Phi) is 5.44. The number of benzene rings is 1. The van der Waals surface area contributed by atoms with E-state index >= 15 is 0 Å². The van der Waals surface area contributed by atoms with Crippen molar-refractivity contribution in [2.45, 2.75) is 19.4 Å². The van der Waals surface area contributed by atoms with Gasteiger partial charge >= 0.3 is 5.97 Å². The lowest BCUT2D eigenvalue weighted by atomic mass is 10.1. The summed E-state index contributed by atoms with van der Waals surface area (Å²) in [7, 11) is 1.57. The lowest BCUT2D eigenvalue weighted by Crippen LogP contribution is -2.29. The molecule has 0 amide bonds. The van der Waals surface area contributed by atoms with E-state index < -0.39 is 12.0 Å². The molecule has 0 heterocycles. The summed E-state index contributed by atoms with van der Waals surface area (Å²) in [6.45, 7) is 2.66. The van der Waals surface area contributed by atoms with Crippen LogP contribution in [0.15, 0.2) is 22.7 Å². The average Bonchev–Trinajstić information content (AvgIpc) is 2.29. The molecule has 1 aromatic rings. The number of halogens is 1. The fourth-order valence-corrected chi connectivity index (χ4v) is 2.06. The Balaban J connectivity index is 2.94. The van der Waals surface area contributed by atoms with E-state index in [1.165, 1.54) is 0 Å². The molecule has 2 N–H and O–H groups in total. The van der Waals surface area contributed by atoms with Gasteiger partial charge in [0, 0.05) is 0 Å². The van der Waals surface area contributed by atoms with Crippen molar-refractivity contribution in [2.24, 2.45) is 0 Å². The Morgan fingerprint density at radius 3 is 2.76 bits per heavy atom. The molecule has 4 nitrogen and oxygen atoms in total. The number of rotatable bonds is 6. The van der Waals surface area contributed by atoms with E-state index in [1.54, 1.807) is 25.3 Å². The number of hydrogen-bond acceptors (Lipinski definition) is 3. The minimum absolute atomic E-state index is 0.667. The van der Waals surface area contributed by atoms with Gasteiger partial charge in [0.25, 0.3) is 0 Å². The van der Waals surface area contributed by atoms with E-state index in [2.05, 4.69) is 21.2 Å². The third kappa shape index (κ3) is 3.71. The van der Waals surface area contributed by atoms with Gasteiger partial charge in [0.2, 0.25) is 0 Å². The molecule has 17 heavy (non-hydrogen) atoms. The van der Waals surface area contributed by atoms with Crippen molar-refractivity contribution in [3.8, 4) is 5.75 Å². The van der Waals surface area contributed by atoms with Gasteiger partial charge in [-0.05, 0) is 46.6 Å². The normalized spacial score (nSPS) is 12.2. The molecular formula is C12H16BrNO3. The summed E-state index contributed by atoms with van der Waals surface area (Å²) in [6, 6.07) is 4.59. The summed E-state index contributed by atoms with van der Waals surface area (Å²) >= 11 is 3.35. The Bertz CT molecular complexity index is 395. The van der Waals surface area contributed by atoms with Gasteiger partial charge in [-0.15, -0.1) is 0 Å². The smallest absolute Gasteiger partial charge is 0.325 e. The fourth-order valence-electron chi connectivity index (χ4n) is 1.50. The SMILES string of the molecule is CCCNC(C(=O)O)c1ccc(OC)c(Br)c1. The van der Waals surface area contributed by atoms with Crippen LogP contribution in [0.3, 0.4) is 0 Å².